The number of rotatable bonds is 5. The number of aromatic amines is 1. The Balaban J connectivity index is 1.63. The first kappa shape index (κ1) is 13.1. The third kappa shape index (κ3) is 3.00. The summed E-state index contributed by atoms with van der Waals surface area (Å²) in [5.74, 6) is 0.985. The van der Waals surface area contributed by atoms with Crippen LogP contribution in [0.4, 0.5) is 5.69 Å². The Morgan fingerprint density at radius 1 is 1.35 bits per heavy atom. The molecule has 20 heavy (non-hydrogen) atoms. The maximum Gasteiger partial charge on any atom is 0.121 e. The van der Waals surface area contributed by atoms with Crippen LogP contribution < -0.4 is 5.73 Å². The average Bonchev–Trinajstić information content (AvgIpc) is 3.04. The zero-order valence-electron chi connectivity index (χ0n) is 11.5. The van der Waals surface area contributed by atoms with Crippen molar-refractivity contribution in [3.8, 4) is 0 Å². The number of benzene rings is 1. The van der Waals surface area contributed by atoms with Gasteiger partial charge in [0.1, 0.15) is 5.82 Å². The van der Waals surface area contributed by atoms with Gasteiger partial charge in [-0.05, 0) is 43.1 Å². The van der Waals surface area contributed by atoms with Gasteiger partial charge in [0.15, 0.2) is 0 Å². The lowest BCUT2D eigenvalue weighted by atomic mass is 10.3. The number of hydrogen-bond donors (Lipinski definition) is 2. The fourth-order valence-corrected chi connectivity index (χ4v) is 2.94. The Labute approximate surface area is 122 Å². The molecule has 2 aromatic heterocycles. The molecule has 0 radical (unpaired) electrons. The first-order valence-corrected chi connectivity index (χ1v) is 7.54. The molecule has 0 fully saturated rings. The second-order valence-corrected chi connectivity index (χ2v) is 6.06. The maximum absolute atomic E-state index is 5.78. The van der Waals surface area contributed by atoms with E-state index in [9.17, 15) is 0 Å². The second-order valence-electron chi connectivity index (χ2n) is 5.03. The van der Waals surface area contributed by atoms with Crippen molar-refractivity contribution in [2.75, 3.05) is 19.3 Å². The fourth-order valence-electron chi connectivity index (χ4n) is 2.25. The van der Waals surface area contributed by atoms with Gasteiger partial charge in [-0.2, -0.15) is 0 Å². The zero-order valence-corrected chi connectivity index (χ0v) is 12.3. The SMILES string of the molecule is CN(CCc1cccs1)Cc1nc2ccc(N)cc2[nH]1. The molecule has 0 unspecified atom stereocenters. The van der Waals surface area contributed by atoms with Crippen molar-refractivity contribution in [2.24, 2.45) is 0 Å². The molecule has 104 valence electrons. The lowest BCUT2D eigenvalue weighted by Gasteiger charge is -2.14. The predicted octanol–water partition coefficient (Wildman–Crippen LogP) is 2.88. The standard InChI is InChI=1S/C15H18N4S/c1-19(7-6-12-3-2-8-20-12)10-15-17-13-5-4-11(16)9-14(13)18-15/h2-5,8-9H,6-7,10,16H2,1H3,(H,17,18). The van der Waals surface area contributed by atoms with Crippen LogP contribution in [0.3, 0.4) is 0 Å². The molecule has 0 saturated carbocycles. The second kappa shape index (κ2) is 5.64. The Morgan fingerprint density at radius 3 is 3.05 bits per heavy atom. The third-order valence-corrected chi connectivity index (χ3v) is 4.23. The Bertz CT molecular complexity index is 687. The van der Waals surface area contributed by atoms with Gasteiger partial charge in [-0.1, -0.05) is 6.07 Å². The molecule has 3 rings (SSSR count). The van der Waals surface area contributed by atoms with Crippen molar-refractivity contribution in [3.63, 3.8) is 0 Å². The first-order valence-electron chi connectivity index (χ1n) is 6.66. The summed E-state index contributed by atoms with van der Waals surface area (Å²) in [5, 5.41) is 2.12. The van der Waals surface area contributed by atoms with Crippen LogP contribution in [0, 0.1) is 0 Å². The van der Waals surface area contributed by atoms with Crippen molar-refractivity contribution < 1.29 is 0 Å². The lowest BCUT2D eigenvalue weighted by molar-refractivity contribution is 0.325. The number of imidazole rings is 1. The molecule has 0 saturated heterocycles. The van der Waals surface area contributed by atoms with Gasteiger partial charge in [-0.15, -0.1) is 11.3 Å². The molecule has 0 bridgehead atoms. The van der Waals surface area contributed by atoms with Crippen molar-refractivity contribution in [1.29, 1.82) is 0 Å². The molecule has 1 aromatic carbocycles. The normalized spacial score (nSPS) is 11.5. The number of thiophene rings is 1. The molecule has 0 aliphatic rings. The highest BCUT2D eigenvalue weighted by Crippen LogP contribution is 2.16. The van der Waals surface area contributed by atoms with E-state index in [-0.39, 0.29) is 0 Å². The molecule has 0 aliphatic heterocycles. The Morgan fingerprint density at radius 2 is 2.25 bits per heavy atom. The van der Waals surface area contributed by atoms with E-state index in [1.165, 1.54) is 4.88 Å². The Kier molecular flexibility index (Phi) is 3.71. The van der Waals surface area contributed by atoms with Gasteiger partial charge in [-0.3, -0.25) is 4.90 Å². The summed E-state index contributed by atoms with van der Waals surface area (Å²) in [6, 6.07) is 10.0. The monoisotopic (exact) mass is 286 g/mol. The fraction of sp³-hybridized carbons (Fsp3) is 0.267. The maximum atomic E-state index is 5.78. The van der Waals surface area contributed by atoms with E-state index in [1.54, 1.807) is 0 Å². The average molecular weight is 286 g/mol. The molecule has 0 atom stereocenters. The highest BCUT2D eigenvalue weighted by Gasteiger charge is 2.06. The predicted molar refractivity (Wildman–Crippen MR) is 84.9 cm³/mol. The van der Waals surface area contributed by atoms with E-state index in [0.717, 1.165) is 42.1 Å². The topological polar surface area (TPSA) is 57.9 Å². The molecule has 5 heteroatoms. The minimum atomic E-state index is 0.763. The van der Waals surface area contributed by atoms with E-state index in [0.29, 0.717) is 0 Å². The van der Waals surface area contributed by atoms with Gasteiger partial charge in [0, 0.05) is 17.1 Å². The summed E-state index contributed by atoms with van der Waals surface area (Å²) in [4.78, 5) is 11.6. The van der Waals surface area contributed by atoms with Crippen LogP contribution in [0.25, 0.3) is 11.0 Å². The van der Waals surface area contributed by atoms with E-state index < -0.39 is 0 Å². The van der Waals surface area contributed by atoms with Gasteiger partial charge >= 0.3 is 0 Å². The number of nitrogens with one attached hydrogen (secondary N) is 1. The summed E-state index contributed by atoms with van der Waals surface area (Å²) in [7, 11) is 2.12. The lowest BCUT2D eigenvalue weighted by Crippen LogP contribution is -2.21. The quantitative estimate of drug-likeness (QED) is 0.709. The number of hydrogen-bond acceptors (Lipinski definition) is 4. The van der Waals surface area contributed by atoms with E-state index in [1.807, 2.05) is 29.5 Å². The number of nitrogen functional groups attached to an aromatic ring is 1. The van der Waals surface area contributed by atoms with Crippen LogP contribution in [0.1, 0.15) is 10.7 Å². The molecule has 0 aliphatic carbocycles. The first-order chi connectivity index (χ1) is 9.70. The van der Waals surface area contributed by atoms with E-state index in [2.05, 4.69) is 39.4 Å². The molecular weight excluding hydrogens is 268 g/mol. The molecular formula is C15H18N4S. The van der Waals surface area contributed by atoms with E-state index in [4.69, 9.17) is 5.73 Å². The zero-order chi connectivity index (χ0) is 13.9. The van der Waals surface area contributed by atoms with Crippen LogP contribution in [-0.4, -0.2) is 28.5 Å². The molecule has 4 nitrogen and oxygen atoms in total. The van der Waals surface area contributed by atoms with Crippen LogP contribution in [0.2, 0.25) is 0 Å². The van der Waals surface area contributed by atoms with Gasteiger partial charge in [0.05, 0.1) is 17.6 Å². The number of aromatic nitrogens is 2. The number of nitrogens with zero attached hydrogens (tertiary/aromatic N) is 2. The molecule has 0 amide bonds. The number of H-pyrrole nitrogens is 1. The van der Waals surface area contributed by atoms with Crippen molar-refractivity contribution in [1.82, 2.24) is 14.9 Å². The van der Waals surface area contributed by atoms with Crippen LogP contribution in [0.15, 0.2) is 35.7 Å². The van der Waals surface area contributed by atoms with Crippen LogP contribution >= 0.6 is 11.3 Å². The van der Waals surface area contributed by atoms with Crippen molar-refractivity contribution in [2.45, 2.75) is 13.0 Å². The summed E-state index contributed by atoms with van der Waals surface area (Å²) < 4.78 is 0. The number of fused-ring (bicyclic) bond motifs is 1. The van der Waals surface area contributed by atoms with Gasteiger partial charge in [-0.25, -0.2) is 4.98 Å². The van der Waals surface area contributed by atoms with Crippen molar-refractivity contribution >= 4 is 28.1 Å². The summed E-state index contributed by atoms with van der Waals surface area (Å²) >= 11 is 1.81. The van der Waals surface area contributed by atoms with Crippen LogP contribution in [-0.2, 0) is 13.0 Å². The molecule has 2 heterocycles. The summed E-state index contributed by atoms with van der Waals surface area (Å²) in [5.41, 5.74) is 8.52. The van der Waals surface area contributed by atoms with Crippen molar-refractivity contribution in [3.05, 3.63) is 46.4 Å². The van der Waals surface area contributed by atoms with Gasteiger partial charge < -0.3 is 10.7 Å². The minimum absolute atomic E-state index is 0.763. The Hall–Kier alpha value is -1.85. The molecule has 0 spiro atoms. The summed E-state index contributed by atoms with van der Waals surface area (Å²) in [6.07, 6.45) is 1.08. The minimum Gasteiger partial charge on any atom is -0.399 e. The number of nitrogens with two attached hydrogens (primary N) is 1. The van der Waals surface area contributed by atoms with Gasteiger partial charge in [0.25, 0.3) is 0 Å². The molecule has 3 N–H and O–H groups in total. The number of anilines is 1. The smallest absolute Gasteiger partial charge is 0.121 e. The molecule has 3 aromatic rings. The largest absolute Gasteiger partial charge is 0.399 e. The highest BCUT2D eigenvalue weighted by molar-refractivity contribution is 7.09. The van der Waals surface area contributed by atoms with Gasteiger partial charge in [0.2, 0.25) is 0 Å². The number of likely N-dealkylation sites (N-methyl/N-ethyl adjacent to an activating group) is 1. The van der Waals surface area contributed by atoms with E-state index >= 15 is 0 Å². The van der Waals surface area contributed by atoms with Crippen LogP contribution in [0.5, 0.6) is 0 Å². The third-order valence-electron chi connectivity index (χ3n) is 3.29. The summed E-state index contributed by atoms with van der Waals surface area (Å²) in [6.45, 7) is 1.85. The highest BCUT2D eigenvalue weighted by atomic mass is 32.1.